The lowest BCUT2D eigenvalue weighted by Crippen LogP contribution is -2.24. The van der Waals surface area contributed by atoms with E-state index in [1.165, 1.54) is 29.7 Å². The van der Waals surface area contributed by atoms with Crippen LogP contribution < -0.4 is 10.2 Å². The fraction of sp³-hybridized carbons (Fsp3) is 0.143. The maximum Gasteiger partial charge on any atom is 0.311 e. The van der Waals surface area contributed by atoms with Crippen LogP contribution in [0.2, 0.25) is 0 Å². The Morgan fingerprint density at radius 1 is 1.50 bits per heavy atom. The molecular weight excluding hydrogens is 306 g/mol. The predicted molar refractivity (Wildman–Crippen MR) is 83.4 cm³/mol. The largest absolute Gasteiger partial charge is 0.477 e. The van der Waals surface area contributed by atoms with Gasteiger partial charge in [0.2, 0.25) is 0 Å². The molecule has 0 atom stereocenters. The minimum atomic E-state index is -0.546. The van der Waals surface area contributed by atoms with Crippen LogP contribution in [0.5, 0.6) is 5.75 Å². The number of nitro benzene ring substituents is 1. The number of hydrazone groups is 1. The molecule has 7 nitrogen and oxygen atoms in total. The molecule has 22 heavy (non-hydrogen) atoms. The van der Waals surface area contributed by atoms with E-state index in [9.17, 15) is 14.9 Å². The molecule has 1 N–H and O–H groups in total. The Kier molecular flexibility index (Phi) is 5.21. The lowest BCUT2D eigenvalue weighted by molar-refractivity contribution is -0.385. The minimum Gasteiger partial charge on any atom is -0.477 e. The van der Waals surface area contributed by atoms with Crippen molar-refractivity contribution in [2.24, 2.45) is 5.10 Å². The number of aryl methyl sites for hydroxylation is 1. The zero-order valence-electron chi connectivity index (χ0n) is 11.7. The molecule has 0 saturated carbocycles. The van der Waals surface area contributed by atoms with Crippen molar-refractivity contribution in [1.82, 2.24) is 5.43 Å². The SMILES string of the molecule is Cc1ccc(OCC(=O)NN=Cc2cccs2)c([N+](=O)[O-])c1. The third kappa shape index (κ3) is 4.38. The number of thiophene rings is 1. The fourth-order valence-corrected chi connectivity index (χ4v) is 2.19. The van der Waals surface area contributed by atoms with Gasteiger partial charge in [-0.25, -0.2) is 5.43 Å². The average molecular weight is 319 g/mol. The van der Waals surface area contributed by atoms with Gasteiger partial charge in [-0.05, 0) is 30.0 Å². The molecule has 1 aromatic carbocycles. The van der Waals surface area contributed by atoms with Gasteiger partial charge in [0.05, 0.1) is 11.1 Å². The van der Waals surface area contributed by atoms with Crippen molar-refractivity contribution < 1.29 is 14.5 Å². The molecule has 0 saturated heterocycles. The van der Waals surface area contributed by atoms with Crippen molar-refractivity contribution in [3.05, 3.63) is 56.3 Å². The summed E-state index contributed by atoms with van der Waals surface area (Å²) in [5.74, 6) is -0.448. The molecule has 0 spiro atoms. The summed E-state index contributed by atoms with van der Waals surface area (Å²) in [6, 6.07) is 8.26. The lowest BCUT2D eigenvalue weighted by Gasteiger charge is -2.06. The summed E-state index contributed by atoms with van der Waals surface area (Å²) >= 11 is 1.48. The first kappa shape index (κ1) is 15.6. The first-order valence-corrected chi connectivity index (χ1v) is 7.17. The van der Waals surface area contributed by atoms with Gasteiger partial charge in [0.25, 0.3) is 5.91 Å². The van der Waals surface area contributed by atoms with Crippen molar-refractivity contribution in [2.75, 3.05) is 6.61 Å². The Morgan fingerprint density at radius 3 is 3.00 bits per heavy atom. The number of hydrogen-bond acceptors (Lipinski definition) is 6. The topological polar surface area (TPSA) is 93.8 Å². The van der Waals surface area contributed by atoms with Crippen molar-refractivity contribution in [1.29, 1.82) is 0 Å². The first-order valence-electron chi connectivity index (χ1n) is 6.29. The van der Waals surface area contributed by atoms with Gasteiger partial charge < -0.3 is 4.74 Å². The summed E-state index contributed by atoms with van der Waals surface area (Å²) in [5.41, 5.74) is 2.86. The average Bonchev–Trinajstić information content (AvgIpc) is 2.99. The highest BCUT2D eigenvalue weighted by Crippen LogP contribution is 2.27. The Balaban J connectivity index is 1.90. The van der Waals surface area contributed by atoms with E-state index in [4.69, 9.17) is 4.74 Å². The Bertz CT molecular complexity index is 698. The van der Waals surface area contributed by atoms with Gasteiger partial charge in [-0.1, -0.05) is 12.1 Å². The van der Waals surface area contributed by atoms with E-state index in [0.29, 0.717) is 0 Å². The molecule has 0 unspecified atom stereocenters. The number of benzene rings is 1. The van der Waals surface area contributed by atoms with E-state index in [1.54, 1.807) is 13.0 Å². The van der Waals surface area contributed by atoms with E-state index < -0.39 is 10.8 Å². The van der Waals surface area contributed by atoms with Crippen LogP contribution >= 0.6 is 11.3 Å². The molecule has 8 heteroatoms. The number of carbonyl (C=O) groups excluding carboxylic acids is 1. The molecule has 2 aromatic rings. The summed E-state index contributed by atoms with van der Waals surface area (Å²) < 4.78 is 5.18. The first-order chi connectivity index (χ1) is 10.6. The Morgan fingerprint density at radius 2 is 2.32 bits per heavy atom. The molecular formula is C14H13N3O4S. The van der Waals surface area contributed by atoms with Crippen LogP contribution in [-0.2, 0) is 4.79 Å². The van der Waals surface area contributed by atoms with Gasteiger partial charge >= 0.3 is 5.69 Å². The van der Waals surface area contributed by atoms with Crippen LogP contribution in [0, 0.1) is 17.0 Å². The lowest BCUT2D eigenvalue weighted by atomic mass is 10.2. The molecule has 0 radical (unpaired) electrons. The third-order valence-corrected chi connectivity index (χ3v) is 3.40. The summed E-state index contributed by atoms with van der Waals surface area (Å²) in [5, 5.41) is 16.6. The molecule has 0 aliphatic rings. The molecule has 2 rings (SSSR count). The number of rotatable bonds is 6. The standard InChI is InChI=1S/C14H13N3O4S/c1-10-4-5-13(12(7-10)17(19)20)21-9-14(18)16-15-8-11-3-2-6-22-11/h2-8H,9H2,1H3,(H,16,18). The van der Waals surface area contributed by atoms with E-state index in [0.717, 1.165) is 10.4 Å². The summed E-state index contributed by atoms with van der Waals surface area (Å²) in [7, 11) is 0. The van der Waals surface area contributed by atoms with Crippen LogP contribution in [0.4, 0.5) is 5.69 Å². The fourth-order valence-electron chi connectivity index (χ4n) is 1.60. The van der Waals surface area contributed by atoms with E-state index >= 15 is 0 Å². The summed E-state index contributed by atoms with van der Waals surface area (Å²) in [6.45, 7) is 1.38. The maximum atomic E-state index is 11.6. The van der Waals surface area contributed by atoms with Gasteiger partial charge in [-0.2, -0.15) is 5.10 Å². The molecule has 1 aromatic heterocycles. The number of ether oxygens (including phenoxy) is 1. The molecule has 0 fully saturated rings. The second-order valence-electron chi connectivity index (χ2n) is 4.33. The van der Waals surface area contributed by atoms with Gasteiger partial charge in [-0.15, -0.1) is 11.3 Å². The highest BCUT2D eigenvalue weighted by molar-refractivity contribution is 7.11. The van der Waals surface area contributed by atoms with Crippen LogP contribution in [0.1, 0.15) is 10.4 Å². The van der Waals surface area contributed by atoms with Gasteiger partial charge in [-0.3, -0.25) is 14.9 Å². The van der Waals surface area contributed by atoms with Crippen LogP contribution in [-0.4, -0.2) is 23.7 Å². The molecule has 1 amide bonds. The molecule has 0 aliphatic heterocycles. The quantitative estimate of drug-likeness (QED) is 0.503. The van der Waals surface area contributed by atoms with Crippen molar-refractivity contribution in [3.8, 4) is 5.75 Å². The number of amides is 1. The predicted octanol–water partition coefficient (Wildman–Crippen LogP) is 2.49. The van der Waals surface area contributed by atoms with E-state index in [1.807, 2.05) is 17.5 Å². The Labute approximate surface area is 130 Å². The molecule has 0 aliphatic carbocycles. The van der Waals surface area contributed by atoms with Crippen molar-refractivity contribution in [3.63, 3.8) is 0 Å². The van der Waals surface area contributed by atoms with Crippen LogP contribution in [0.15, 0.2) is 40.8 Å². The number of nitrogens with zero attached hydrogens (tertiary/aromatic N) is 2. The van der Waals surface area contributed by atoms with Crippen molar-refractivity contribution >= 4 is 29.1 Å². The monoisotopic (exact) mass is 319 g/mol. The highest BCUT2D eigenvalue weighted by Gasteiger charge is 2.16. The maximum absolute atomic E-state index is 11.6. The number of hydrogen-bond donors (Lipinski definition) is 1. The molecule has 0 bridgehead atoms. The van der Waals surface area contributed by atoms with Gasteiger partial charge in [0.1, 0.15) is 0 Å². The van der Waals surface area contributed by atoms with Gasteiger partial charge in [0, 0.05) is 10.9 Å². The number of carbonyl (C=O) groups is 1. The van der Waals surface area contributed by atoms with Crippen LogP contribution in [0.25, 0.3) is 0 Å². The normalized spacial score (nSPS) is 10.6. The summed E-state index contributed by atoms with van der Waals surface area (Å²) in [4.78, 5) is 22.9. The zero-order chi connectivity index (χ0) is 15.9. The smallest absolute Gasteiger partial charge is 0.311 e. The Hall–Kier alpha value is -2.74. The second-order valence-corrected chi connectivity index (χ2v) is 5.30. The molecule has 1 heterocycles. The minimum absolute atomic E-state index is 0.0491. The summed E-state index contributed by atoms with van der Waals surface area (Å²) in [6.07, 6.45) is 1.51. The van der Waals surface area contributed by atoms with E-state index in [-0.39, 0.29) is 18.0 Å². The molecule has 114 valence electrons. The highest BCUT2D eigenvalue weighted by atomic mass is 32.1. The van der Waals surface area contributed by atoms with Crippen LogP contribution in [0.3, 0.4) is 0 Å². The third-order valence-electron chi connectivity index (χ3n) is 2.59. The van der Waals surface area contributed by atoms with Crippen molar-refractivity contribution in [2.45, 2.75) is 6.92 Å². The van der Waals surface area contributed by atoms with Gasteiger partial charge in [0.15, 0.2) is 12.4 Å². The number of nitro groups is 1. The number of nitrogens with one attached hydrogen (secondary N) is 1. The van der Waals surface area contributed by atoms with E-state index in [2.05, 4.69) is 10.5 Å². The second kappa shape index (κ2) is 7.32. The zero-order valence-corrected chi connectivity index (χ0v) is 12.5.